The van der Waals surface area contributed by atoms with Crippen LogP contribution in [0.25, 0.3) is 0 Å². The molecule has 0 aromatic heterocycles. The van der Waals surface area contributed by atoms with Crippen molar-refractivity contribution in [2.24, 2.45) is 5.92 Å². The van der Waals surface area contributed by atoms with Crippen molar-refractivity contribution in [1.29, 1.82) is 0 Å². The van der Waals surface area contributed by atoms with E-state index in [4.69, 9.17) is 14.2 Å². The minimum atomic E-state index is -0.515. The van der Waals surface area contributed by atoms with Crippen molar-refractivity contribution in [2.45, 2.75) is 50.9 Å². The summed E-state index contributed by atoms with van der Waals surface area (Å²) in [5.41, 5.74) is 1.07. The normalized spacial score (nSPS) is 24.7. The molecular weight excluding hydrogens is 346 g/mol. The lowest BCUT2D eigenvalue weighted by Crippen LogP contribution is -2.39. The Morgan fingerprint density at radius 1 is 1.30 bits per heavy atom. The van der Waals surface area contributed by atoms with Crippen molar-refractivity contribution >= 4 is 5.91 Å². The quantitative estimate of drug-likeness (QED) is 0.694. The van der Waals surface area contributed by atoms with E-state index in [-0.39, 0.29) is 30.4 Å². The van der Waals surface area contributed by atoms with Gasteiger partial charge in [-0.15, -0.1) is 0 Å². The van der Waals surface area contributed by atoms with Gasteiger partial charge in [0.1, 0.15) is 5.75 Å². The van der Waals surface area contributed by atoms with E-state index >= 15 is 0 Å². The summed E-state index contributed by atoms with van der Waals surface area (Å²) in [7, 11) is 1.64. The van der Waals surface area contributed by atoms with Crippen LogP contribution in [0.4, 0.5) is 0 Å². The first-order chi connectivity index (χ1) is 13.2. The summed E-state index contributed by atoms with van der Waals surface area (Å²) >= 11 is 0. The highest BCUT2D eigenvalue weighted by atomic mass is 16.7. The molecule has 0 bridgehead atoms. The molecule has 1 fully saturated rings. The lowest BCUT2D eigenvalue weighted by molar-refractivity contribution is -0.166. The van der Waals surface area contributed by atoms with Crippen molar-refractivity contribution in [2.75, 3.05) is 20.3 Å². The van der Waals surface area contributed by atoms with Crippen LogP contribution in [-0.2, 0) is 14.3 Å². The maximum atomic E-state index is 12.6. The van der Waals surface area contributed by atoms with Gasteiger partial charge < -0.3 is 24.6 Å². The molecule has 27 heavy (non-hydrogen) atoms. The molecule has 0 spiro atoms. The van der Waals surface area contributed by atoms with Gasteiger partial charge in [0.2, 0.25) is 6.29 Å². The summed E-state index contributed by atoms with van der Waals surface area (Å²) in [5.74, 6) is 0.910. The summed E-state index contributed by atoms with van der Waals surface area (Å²) < 4.78 is 17.0. The van der Waals surface area contributed by atoms with E-state index in [2.05, 4.69) is 5.32 Å². The molecule has 0 unspecified atom stereocenters. The monoisotopic (exact) mass is 375 g/mol. The number of hydrogen-bond donors (Lipinski definition) is 2. The van der Waals surface area contributed by atoms with Crippen LogP contribution in [-0.4, -0.2) is 43.7 Å². The second-order valence-corrected chi connectivity index (χ2v) is 7.05. The first kappa shape index (κ1) is 19.7. The first-order valence-electron chi connectivity index (χ1n) is 9.72. The summed E-state index contributed by atoms with van der Waals surface area (Å²) in [6, 6.07) is 8.12. The van der Waals surface area contributed by atoms with Gasteiger partial charge in [-0.25, -0.2) is 0 Å². The molecule has 6 nitrogen and oxygen atoms in total. The number of benzene rings is 1. The van der Waals surface area contributed by atoms with Gasteiger partial charge in [-0.3, -0.25) is 4.79 Å². The zero-order valence-corrected chi connectivity index (χ0v) is 16.0. The topological polar surface area (TPSA) is 77.0 Å². The summed E-state index contributed by atoms with van der Waals surface area (Å²) in [5, 5.41) is 12.3. The number of methoxy groups -OCH3 is 1. The molecular formula is C21H29NO5. The molecule has 1 aromatic carbocycles. The Hall–Kier alpha value is -2.05. The molecule has 148 valence electrons. The highest BCUT2D eigenvalue weighted by Gasteiger charge is 2.38. The Morgan fingerprint density at radius 3 is 2.63 bits per heavy atom. The van der Waals surface area contributed by atoms with Gasteiger partial charge in [-0.1, -0.05) is 12.1 Å². The van der Waals surface area contributed by atoms with Crippen molar-refractivity contribution in [1.82, 2.24) is 5.32 Å². The Labute approximate surface area is 160 Å². The average molecular weight is 375 g/mol. The van der Waals surface area contributed by atoms with Gasteiger partial charge in [0.05, 0.1) is 7.11 Å². The maximum Gasteiger partial charge on any atom is 0.286 e. The van der Waals surface area contributed by atoms with E-state index < -0.39 is 6.29 Å². The number of amides is 1. The van der Waals surface area contributed by atoms with Crippen LogP contribution in [0.15, 0.2) is 36.1 Å². The average Bonchev–Trinajstić information content (AvgIpc) is 3.50. The zero-order valence-electron chi connectivity index (χ0n) is 16.0. The van der Waals surface area contributed by atoms with Gasteiger partial charge in [-0.05, 0) is 56.4 Å². The van der Waals surface area contributed by atoms with Crippen LogP contribution >= 0.6 is 0 Å². The summed E-state index contributed by atoms with van der Waals surface area (Å²) in [6.45, 7) is 2.52. The number of hydrogen-bond acceptors (Lipinski definition) is 5. The number of ether oxygens (including phenoxy) is 3. The molecule has 3 rings (SSSR count). The third-order valence-corrected chi connectivity index (χ3v) is 5.05. The third-order valence-electron chi connectivity index (χ3n) is 5.05. The predicted octanol–water partition coefficient (Wildman–Crippen LogP) is 2.72. The lowest BCUT2D eigenvalue weighted by atomic mass is 9.80. The van der Waals surface area contributed by atoms with Crippen LogP contribution < -0.4 is 10.1 Å². The fourth-order valence-corrected chi connectivity index (χ4v) is 3.46. The van der Waals surface area contributed by atoms with E-state index in [1.54, 1.807) is 7.11 Å². The molecule has 0 radical (unpaired) electrons. The number of allylic oxidation sites excluding steroid dienone is 1. The van der Waals surface area contributed by atoms with Crippen molar-refractivity contribution in [3.63, 3.8) is 0 Å². The SMILES string of the molecule is CCO[C@@H]1OC(C(=O)NC2CC2)=C[C@H](c2ccc(OC)cc2)[C@@H]1CCCO. The number of nitrogens with one attached hydrogen (secondary N) is 1. The fraction of sp³-hybridized carbons (Fsp3) is 0.571. The van der Waals surface area contributed by atoms with Gasteiger partial charge >= 0.3 is 0 Å². The van der Waals surface area contributed by atoms with Crippen LogP contribution in [0.1, 0.15) is 44.1 Å². The molecule has 0 saturated heterocycles. The highest BCUT2D eigenvalue weighted by Crippen LogP contribution is 2.40. The van der Waals surface area contributed by atoms with Gasteiger partial charge in [0, 0.05) is 31.1 Å². The van der Waals surface area contributed by atoms with Gasteiger partial charge in [0.15, 0.2) is 5.76 Å². The molecule has 1 saturated carbocycles. The molecule has 1 aliphatic carbocycles. The van der Waals surface area contributed by atoms with Crippen LogP contribution in [0.3, 0.4) is 0 Å². The van der Waals surface area contributed by atoms with Crippen molar-refractivity contribution < 1.29 is 24.1 Å². The van der Waals surface area contributed by atoms with Gasteiger partial charge in [0.25, 0.3) is 5.91 Å². The Balaban J connectivity index is 1.90. The largest absolute Gasteiger partial charge is 0.497 e. The number of aliphatic hydroxyl groups is 1. The number of aliphatic hydroxyl groups excluding tert-OH is 1. The minimum absolute atomic E-state index is 0.0166. The second-order valence-electron chi connectivity index (χ2n) is 7.05. The third kappa shape index (κ3) is 5.02. The van der Waals surface area contributed by atoms with Crippen molar-refractivity contribution in [3.05, 3.63) is 41.7 Å². The summed E-state index contributed by atoms with van der Waals surface area (Å²) in [4.78, 5) is 12.6. The highest BCUT2D eigenvalue weighted by molar-refractivity contribution is 5.92. The smallest absolute Gasteiger partial charge is 0.286 e. The van der Waals surface area contributed by atoms with Crippen LogP contribution in [0, 0.1) is 5.92 Å². The van der Waals surface area contributed by atoms with Gasteiger partial charge in [-0.2, -0.15) is 0 Å². The predicted molar refractivity (Wildman–Crippen MR) is 101 cm³/mol. The first-order valence-corrected chi connectivity index (χ1v) is 9.72. The molecule has 3 atom stereocenters. The molecule has 1 aliphatic heterocycles. The number of carbonyl (C=O) groups excluding carboxylic acids is 1. The Morgan fingerprint density at radius 2 is 2.04 bits per heavy atom. The fourth-order valence-electron chi connectivity index (χ4n) is 3.46. The molecule has 6 heteroatoms. The maximum absolute atomic E-state index is 12.6. The van der Waals surface area contributed by atoms with E-state index in [0.29, 0.717) is 18.8 Å². The number of rotatable bonds is 9. The van der Waals surface area contributed by atoms with Crippen molar-refractivity contribution in [3.8, 4) is 5.75 Å². The van der Waals surface area contributed by atoms with Crippen LogP contribution in [0.2, 0.25) is 0 Å². The second kappa shape index (κ2) is 9.24. The minimum Gasteiger partial charge on any atom is -0.497 e. The Bertz CT molecular complexity index is 653. The Kier molecular flexibility index (Phi) is 6.74. The lowest BCUT2D eigenvalue weighted by Gasteiger charge is -2.37. The van der Waals surface area contributed by atoms with E-state index in [1.807, 2.05) is 37.3 Å². The van der Waals surface area contributed by atoms with E-state index in [0.717, 1.165) is 30.6 Å². The molecule has 1 aromatic rings. The molecule has 2 N–H and O–H groups in total. The molecule has 1 amide bonds. The standard InChI is InChI=1S/C21H29NO5/c1-3-26-21-17(5-4-12-23)18(14-6-10-16(25-2)11-7-14)13-19(27-21)20(24)22-15-8-9-15/h6-7,10-11,13,15,17-18,21,23H,3-5,8-9,12H2,1-2H3,(H,22,24)/t17-,18+,21+/m0/s1. The van der Waals surface area contributed by atoms with E-state index in [1.165, 1.54) is 0 Å². The summed E-state index contributed by atoms with van der Waals surface area (Å²) in [6.07, 6.45) is 4.83. The molecule has 1 heterocycles. The molecule has 2 aliphatic rings. The van der Waals surface area contributed by atoms with E-state index in [9.17, 15) is 9.90 Å². The zero-order chi connectivity index (χ0) is 19.2. The van der Waals surface area contributed by atoms with Crippen LogP contribution in [0.5, 0.6) is 5.75 Å². The number of carbonyl (C=O) groups is 1.